The van der Waals surface area contributed by atoms with Crippen molar-refractivity contribution in [3.63, 3.8) is 0 Å². The summed E-state index contributed by atoms with van der Waals surface area (Å²) in [4.78, 5) is 2.63. The first-order valence-corrected chi connectivity index (χ1v) is 8.53. The molecule has 0 heterocycles. The lowest BCUT2D eigenvalue weighted by molar-refractivity contribution is 0.188. The second-order valence-corrected chi connectivity index (χ2v) is 6.23. The molecule has 2 aliphatic rings. The van der Waals surface area contributed by atoms with Crippen LogP contribution in [0.5, 0.6) is 0 Å². The fourth-order valence-corrected chi connectivity index (χ4v) is 3.70. The summed E-state index contributed by atoms with van der Waals surface area (Å²) >= 11 is 0. The highest BCUT2D eigenvalue weighted by Gasteiger charge is 2.19. The minimum absolute atomic E-state index is 1.02. The third-order valence-corrected chi connectivity index (χ3v) is 4.59. The lowest BCUT2D eigenvalue weighted by Gasteiger charge is -2.31. The molecule has 0 aromatic rings. The van der Waals surface area contributed by atoms with Gasteiger partial charge < -0.3 is 4.90 Å². The van der Waals surface area contributed by atoms with Crippen molar-refractivity contribution in [2.24, 2.45) is 11.8 Å². The maximum absolute atomic E-state index is 2.63. The Morgan fingerprint density at radius 1 is 0.667 bits per heavy atom. The first-order valence-electron chi connectivity index (χ1n) is 8.53. The molecule has 2 rings (SSSR count). The highest BCUT2D eigenvalue weighted by atomic mass is 15.1. The minimum atomic E-state index is 1.02. The normalized spacial score (nSPS) is 22.7. The zero-order chi connectivity index (χ0) is 13.2. The Balaban J connectivity index is 0.000000771. The lowest BCUT2D eigenvalue weighted by atomic mass is 9.87. The van der Waals surface area contributed by atoms with Gasteiger partial charge in [0.15, 0.2) is 0 Å². The fraction of sp³-hybridized carbons (Fsp3) is 1.00. The van der Waals surface area contributed by atoms with Gasteiger partial charge in [0.2, 0.25) is 0 Å². The van der Waals surface area contributed by atoms with Crippen molar-refractivity contribution in [2.45, 2.75) is 78.1 Å². The van der Waals surface area contributed by atoms with E-state index >= 15 is 0 Å². The van der Waals surface area contributed by atoms with E-state index in [0.29, 0.717) is 0 Å². The van der Waals surface area contributed by atoms with Gasteiger partial charge in [-0.25, -0.2) is 0 Å². The van der Waals surface area contributed by atoms with Crippen LogP contribution in [0.4, 0.5) is 0 Å². The molecule has 0 spiro atoms. The summed E-state index contributed by atoms with van der Waals surface area (Å²) in [6.45, 7) is 6.74. The Hall–Kier alpha value is -0.0400. The summed E-state index contributed by atoms with van der Waals surface area (Å²) in [5.41, 5.74) is 0. The molecule has 0 aromatic carbocycles. The van der Waals surface area contributed by atoms with Gasteiger partial charge in [-0.2, -0.15) is 0 Å². The molecule has 0 atom stereocenters. The van der Waals surface area contributed by atoms with E-state index in [9.17, 15) is 0 Å². The van der Waals surface area contributed by atoms with E-state index < -0.39 is 0 Å². The Morgan fingerprint density at radius 3 is 1.33 bits per heavy atom. The number of nitrogens with zero attached hydrogens (tertiary/aromatic N) is 1. The molecule has 2 fully saturated rings. The van der Waals surface area contributed by atoms with Gasteiger partial charge in [-0.05, 0) is 44.6 Å². The molecule has 0 N–H and O–H groups in total. The lowest BCUT2D eigenvalue weighted by Crippen LogP contribution is -2.32. The molecule has 0 aromatic heterocycles. The predicted molar refractivity (Wildman–Crippen MR) is 82.0 cm³/mol. The standard InChI is InChI=1S/C15H29N.C2H6/c1-16(12-14-8-4-2-5-9-14)13-15-10-6-3-7-11-15;1-2/h14-15H,2-13H2,1H3;1-2H3. The third kappa shape index (κ3) is 6.22. The van der Waals surface area contributed by atoms with Crippen molar-refractivity contribution in [3.05, 3.63) is 0 Å². The van der Waals surface area contributed by atoms with Crippen LogP contribution in [0.2, 0.25) is 0 Å². The Labute approximate surface area is 115 Å². The molecule has 18 heavy (non-hydrogen) atoms. The van der Waals surface area contributed by atoms with Crippen molar-refractivity contribution in [1.82, 2.24) is 4.90 Å². The average Bonchev–Trinajstić information content (AvgIpc) is 2.43. The van der Waals surface area contributed by atoms with Gasteiger partial charge in [-0.1, -0.05) is 52.4 Å². The molecule has 0 saturated heterocycles. The monoisotopic (exact) mass is 253 g/mol. The van der Waals surface area contributed by atoms with Gasteiger partial charge in [-0.15, -0.1) is 0 Å². The van der Waals surface area contributed by atoms with Crippen LogP contribution in [0, 0.1) is 11.8 Å². The van der Waals surface area contributed by atoms with Crippen LogP contribution in [0.3, 0.4) is 0 Å². The summed E-state index contributed by atoms with van der Waals surface area (Å²) in [6.07, 6.45) is 14.9. The van der Waals surface area contributed by atoms with Crippen molar-refractivity contribution in [3.8, 4) is 0 Å². The summed E-state index contributed by atoms with van der Waals surface area (Å²) in [6, 6.07) is 0. The van der Waals surface area contributed by atoms with Gasteiger partial charge in [0.1, 0.15) is 0 Å². The molecule has 1 heteroatoms. The van der Waals surface area contributed by atoms with Crippen LogP contribution in [-0.2, 0) is 0 Å². The molecule has 1 nitrogen and oxygen atoms in total. The van der Waals surface area contributed by atoms with E-state index in [4.69, 9.17) is 0 Å². The predicted octanol–water partition coefficient (Wildman–Crippen LogP) is 5.11. The van der Waals surface area contributed by atoms with Gasteiger partial charge in [0.05, 0.1) is 0 Å². The van der Waals surface area contributed by atoms with E-state index in [1.807, 2.05) is 13.8 Å². The van der Waals surface area contributed by atoms with Crippen LogP contribution < -0.4 is 0 Å². The quantitative estimate of drug-likeness (QED) is 0.673. The Morgan fingerprint density at radius 2 is 1.00 bits per heavy atom. The smallest absolute Gasteiger partial charge is 0.000672 e. The van der Waals surface area contributed by atoms with Crippen LogP contribution >= 0.6 is 0 Å². The molecule has 0 radical (unpaired) electrons. The molecule has 0 unspecified atom stereocenters. The van der Waals surface area contributed by atoms with E-state index in [-0.39, 0.29) is 0 Å². The molecule has 2 aliphatic carbocycles. The zero-order valence-corrected chi connectivity index (χ0v) is 13.1. The molecule has 0 aliphatic heterocycles. The van der Waals surface area contributed by atoms with Crippen LogP contribution in [0.25, 0.3) is 0 Å². The van der Waals surface area contributed by atoms with Gasteiger partial charge >= 0.3 is 0 Å². The van der Waals surface area contributed by atoms with Gasteiger partial charge in [-0.3, -0.25) is 0 Å². The van der Waals surface area contributed by atoms with Crippen molar-refractivity contribution >= 4 is 0 Å². The largest absolute Gasteiger partial charge is 0.306 e. The zero-order valence-electron chi connectivity index (χ0n) is 13.1. The van der Waals surface area contributed by atoms with Gasteiger partial charge in [0.25, 0.3) is 0 Å². The molecule has 0 amide bonds. The first kappa shape index (κ1) is 16.0. The number of hydrogen-bond donors (Lipinski definition) is 0. The highest BCUT2D eigenvalue weighted by Crippen LogP contribution is 2.27. The Kier molecular flexibility index (Phi) is 8.75. The number of rotatable bonds is 4. The maximum Gasteiger partial charge on any atom is 0.000672 e. The van der Waals surface area contributed by atoms with E-state index in [2.05, 4.69) is 11.9 Å². The van der Waals surface area contributed by atoms with Crippen molar-refractivity contribution in [1.29, 1.82) is 0 Å². The molecular formula is C17H35N. The summed E-state index contributed by atoms with van der Waals surface area (Å²) in [7, 11) is 2.35. The highest BCUT2D eigenvalue weighted by molar-refractivity contribution is 4.73. The molecule has 0 bridgehead atoms. The van der Waals surface area contributed by atoms with Crippen LogP contribution in [-0.4, -0.2) is 25.0 Å². The van der Waals surface area contributed by atoms with E-state index in [1.165, 1.54) is 77.3 Å². The van der Waals surface area contributed by atoms with Crippen molar-refractivity contribution in [2.75, 3.05) is 20.1 Å². The van der Waals surface area contributed by atoms with Crippen molar-refractivity contribution < 1.29 is 0 Å². The second-order valence-electron chi connectivity index (χ2n) is 6.23. The summed E-state index contributed by atoms with van der Waals surface area (Å²) in [5, 5.41) is 0. The van der Waals surface area contributed by atoms with E-state index in [1.54, 1.807) is 0 Å². The maximum atomic E-state index is 2.63. The number of hydrogen-bond acceptors (Lipinski definition) is 1. The topological polar surface area (TPSA) is 3.24 Å². The average molecular weight is 253 g/mol. The Bertz CT molecular complexity index is 158. The third-order valence-electron chi connectivity index (χ3n) is 4.59. The second kappa shape index (κ2) is 9.83. The minimum Gasteiger partial charge on any atom is -0.306 e. The fourth-order valence-electron chi connectivity index (χ4n) is 3.70. The molecule has 108 valence electrons. The van der Waals surface area contributed by atoms with E-state index in [0.717, 1.165) is 11.8 Å². The van der Waals surface area contributed by atoms with Crippen LogP contribution in [0.1, 0.15) is 78.1 Å². The van der Waals surface area contributed by atoms with Crippen LogP contribution in [0.15, 0.2) is 0 Å². The first-order chi connectivity index (χ1) is 8.84. The SMILES string of the molecule is CC.CN(CC1CCCCC1)CC1CCCCC1. The van der Waals surface area contributed by atoms with Gasteiger partial charge in [0, 0.05) is 13.1 Å². The summed E-state index contributed by atoms with van der Waals surface area (Å²) < 4.78 is 0. The summed E-state index contributed by atoms with van der Waals surface area (Å²) in [5.74, 6) is 2.03. The molecule has 2 saturated carbocycles. The molecular weight excluding hydrogens is 218 g/mol.